The Balaban J connectivity index is 1.78. The molecular formula is C21H24N4O4. The fourth-order valence-corrected chi connectivity index (χ4v) is 3.20. The van der Waals surface area contributed by atoms with E-state index in [9.17, 15) is 19.7 Å². The highest BCUT2D eigenvalue weighted by molar-refractivity contribution is 6.05. The Morgan fingerprint density at radius 3 is 2.31 bits per heavy atom. The van der Waals surface area contributed by atoms with Crippen LogP contribution in [0, 0.1) is 16.0 Å². The number of benzene rings is 2. The zero-order valence-electron chi connectivity index (χ0n) is 16.5. The number of nitro benzene ring substituents is 1. The molecule has 0 aromatic heterocycles. The van der Waals surface area contributed by atoms with Crippen LogP contribution in [-0.2, 0) is 4.79 Å². The van der Waals surface area contributed by atoms with E-state index in [1.807, 2.05) is 4.90 Å². The van der Waals surface area contributed by atoms with Crippen LogP contribution in [0.1, 0.15) is 37.0 Å². The van der Waals surface area contributed by atoms with Crippen molar-refractivity contribution in [3.8, 4) is 0 Å². The van der Waals surface area contributed by atoms with Gasteiger partial charge in [-0.15, -0.1) is 0 Å². The molecule has 1 heterocycles. The lowest BCUT2D eigenvalue weighted by molar-refractivity contribution is -0.384. The number of nitro groups is 1. The molecule has 1 saturated heterocycles. The van der Waals surface area contributed by atoms with Gasteiger partial charge in [0.15, 0.2) is 0 Å². The molecule has 0 aliphatic carbocycles. The quantitative estimate of drug-likeness (QED) is 0.566. The number of nitrogens with one attached hydrogen (secondary N) is 2. The predicted molar refractivity (Wildman–Crippen MR) is 112 cm³/mol. The lowest BCUT2D eigenvalue weighted by Crippen LogP contribution is -2.20. The standard InChI is InChI=1S/C21H24N4O4/c1-14(2)20(26)22-16-6-5-7-17(13-16)23-21(27)15-8-9-18(19(12-15)25(28)29)24-10-3-4-11-24/h5-9,12-14H,3-4,10-11H2,1-2H3,(H,22,26)(H,23,27). The summed E-state index contributed by atoms with van der Waals surface area (Å²) in [6.45, 7) is 5.14. The smallest absolute Gasteiger partial charge is 0.293 e. The molecule has 1 fully saturated rings. The summed E-state index contributed by atoms with van der Waals surface area (Å²) in [5.74, 6) is -0.738. The molecule has 0 radical (unpaired) electrons. The first kappa shape index (κ1) is 20.3. The van der Waals surface area contributed by atoms with Gasteiger partial charge in [-0.2, -0.15) is 0 Å². The van der Waals surface area contributed by atoms with Crippen LogP contribution in [-0.4, -0.2) is 29.8 Å². The second kappa shape index (κ2) is 8.72. The average Bonchev–Trinajstić information content (AvgIpc) is 3.22. The maximum absolute atomic E-state index is 12.6. The monoisotopic (exact) mass is 396 g/mol. The van der Waals surface area contributed by atoms with Gasteiger partial charge >= 0.3 is 0 Å². The first-order valence-electron chi connectivity index (χ1n) is 9.61. The zero-order valence-corrected chi connectivity index (χ0v) is 16.5. The fourth-order valence-electron chi connectivity index (χ4n) is 3.20. The fraction of sp³-hybridized carbons (Fsp3) is 0.333. The summed E-state index contributed by atoms with van der Waals surface area (Å²) in [6, 6.07) is 11.3. The van der Waals surface area contributed by atoms with Gasteiger partial charge in [0.2, 0.25) is 5.91 Å². The van der Waals surface area contributed by atoms with Crippen molar-refractivity contribution in [3.05, 3.63) is 58.1 Å². The Morgan fingerprint density at radius 2 is 1.69 bits per heavy atom. The number of carbonyl (C=O) groups excluding carboxylic acids is 2. The number of rotatable bonds is 6. The van der Waals surface area contributed by atoms with E-state index in [0.717, 1.165) is 25.9 Å². The molecule has 0 bridgehead atoms. The van der Waals surface area contributed by atoms with Crippen molar-refractivity contribution < 1.29 is 14.5 Å². The van der Waals surface area contributed by atoms with E-state index in [2.05, 4.69) is 10.6 Å². The second-order valence-electron chi connectivity index (χ2n) is 7.33. The van der Waals surface area contributed by atoms with E-state index in [1.54, 1.807) is 50.2 Å². The predicted octanol–water partition coefficient (Wildman–Crippen LogP) is 4.04. The van der Waals surface area contributed by atoms with Gasteiger partial charge in [0.25, 0.3) is 11.6 Å². The molecule has 0 saturated carbocycles. The van der Waals surface area contributed by atoms with Gasteiger partial charge in [0.1, 0.15) is 5.69 Å². The Bertz CT molecular complexity index is 936. The number of hydrogen-bond acceptors (Lipinski definition) is 5. The molecule has 3 rings (SSSR count). The Labute approximate surface area is 169 Å². The summed E-state index contributed by atoms with van der Waals surface area (Å²) in [5, 5.41) is 17.0. The third-order valence-corrected chi connectivity index (χ3v) is 4.79. The highest BCUT2D eigenvalue weighted by atomic mass is 16.6. The van der Waals surface area contributed by atoms with E-state index < -0.39 is 10.8 Å². The van der Waals surface area contributed by atoms with Crippen molar-refractivity contribution in [2.75, 3.05) is 28.6 Å². The van der Waals surface area contributed by atoms with Gasteiger partial charge in [-0.1, -0.05) is 19.9 Å². The van der Waals surface area contributed by atoms with Gasteiger partial charge in [-0.3, -0.25) is 19.7 Å². The van der Waals surface area contributed by atoms with Crippen molar-refractivity contribution in [2.45, 2.75) is 26.7 Å². The van der Waals surface area contributed by atoms with Crippen molar-refractivity contribution in [3.63, 3.8) is 0 Å². The number of nitrogens with zero attached hydrogens (tertiary/aromatic N) is 2. The first-order valence-corrected chi connectivity index (χ1v) is 9.61. The normalized spacial score (nSPS) is 13.4. The SMILES string of the molecule is CC(C)C(=O)Nc1cccc(NC(=O)c2ccc(N3CCCC3)c([N+](=O)[O-])c2)c1. The Kier molecular flexibility index (Phi) is 6.11. The third-order valence-electron chi connectivity index (χ3n) is 4.79. The van der Waals surface area contributed by atoms with Crippen LogP contribution in [0.5, 0.6) is 0 Å². The maximum atomic E-state index is 12.6. The van der Waals surface area contributed by atoms with Crippen LogP contribution >= 0.6 is 0 Å². The van der Waals surface area contributed by atoms with Crippen molar-refractivity contribution in [2.24, 2.45) is 5.92 Å². The van der Waals surface area contributed by atoms with Crippen LogP contribution < -0.4 is 15.5 Å². The molecule has 2 aromatic rings. The third kappa shape index (κ3) is 4.90. The molecule has 2 aromatic carbocycles. The van der Waals surface area contributed by atoms with Gasteiger partial charge in [0, 0.05) is 42.0 Å². The molecule has 8 nitrogen and oxygen atoms in total. The lowest BCUT2D eigenvalue weighted by atomic mass is 10.1. The number of hydrogen-bond donors (Lipinski definition) is 2. The number of anilines is 3. The Morgan fingerprint density at radius 1 is 1.03 bits per heavy atom. The van der Waals surface area contributed by atoms with Crippen LogP contribution in [0.4, 0.5) is 22.7 Å². The number of carbonyl (C=O) groups is 2. The summed E-state index contributed by atoms with van der Waals surface area (Å²) in [7, 11) is 0. The average molecular weight is 396 g/mol. The summed E-state index contributed by atoms with van der Waals surface area (Å²) < 4.78 is 0. The second-order valence-corrected chi connectivity index (χ2v) is 7.33. The number of amides is 2. The zero-order chi connectivity index (χ0) is 21.0. The van der Waals surface area contributed by atoms with E-state index in [4.69, 9.17) is 0 Å². The summed E-state index contributed by atoms with van der Waals surface area (Å²) in [4.78, 5) is 37.5. The molecule has 2 amide bonds. The summed E-state index contributed by atoms with van der Waals surface area (Å²) >= 11 is 0. The lowest BCUT2D eigenvalue weighted by Gasteiger charge is -2.18. The van der Waals surface area contributed by atoms with Gasteiger partial charge in [-0.25, -0.2) is 0 Å². The minimum atomic E-state index is -0.452. The van der Waals surface area contributed by atoms with E-state index in [-0.39, 0.29) is 23.1 Å². The van der Waals surface area contributed by atoms with Gasteiger partial charge < -0.3 is 15.5 Å². The minimum Gasteiger partial charge on any atom is -0.366 e. The summed E-state index contributed by atoms with van der Waals surface area (Å²) in [5.41, 5.74) is 1.73. The topological polar surface area (TPSA) is 105 Å². The van der Waals surface area contributed by atoms with E-state index >= 15 is 0 Å². The van der Waals surface area contributed by atoms with Gasteiger partial charge in [0.05, 0.1) is 4.92 Å². The largest absolute Gasteiger partial charge is 0.366 e. The molecular weight excluding hydrogens is 372 g/mol. The highest BCUT2D eigenvalue weighted by Crippen LogP contribution is 2.32. The molecule has 1 aliphatic heterocycles. The van der Waals surface area contributed by atoms with Crippen LogP contribution in [0.3, 0.4) is 0 Å². The van der Waals surface area contributed by atoms with Crippen molar-refractivity contribution >= 4 is 34.6 Å². The van der Waals surface area contributed by atoms with E-state index in [0.29, 0.717) is 17.1 Å². The molecule has 0 atom stereocenters. The first-order chi connectivity index (χ1) is 13.8. The van der Waals surface area contributed by atoms with Gasteiger partial charge in [-0.05, 0) is 43.2 Å². The minimum absolute atomic E-state index is 0.0718. The van der Waals surface area contributed by atoms with Crippen LogP contribution in [0.15, 0.2) is 42.5 Å². The molecule has 0 spiro atoms. The van der Waals surface area contributed by atoms with Crippen LogP contribution in [0.25, 0.3) is 0 Å². The van der Waals surface area contributed by atoms with E-state index in [1.165, 1.54) is 6.07 Å². The maximum Gasteiger partial charge on any atom is 0.293 e. The molecule has 1 aliphatic rings. The Hall–Kier alpha value is -3.42. The van der Waals surface area contributed by atoms with Crippen LogP contribution in [0.2, 0.25) is 0 Å². The molecule has 152 valence electrons. The van der Waals surface area contributed by atoms with Crippen molar-refractivity contribution in [1.82, 2.24) is 0 Å². The molecule has 2 N–H and O–H groups in total. The van der Waals surface area contributed by atoms with Crippen molar-refractivity contribution in [1.29, 1.82) is 0 Å². The highest BCUT2D eigenvalue weighted by Gasteiger charge is 2.24. The molecule has 8 heteroatoms. The molecule has 0 unspecified atom stereocenters. The summed E-state index contributed by atoms with van der Waals surface area (Å²) in [6.07, 6.45) is 2.01. The molecule has 29 heavy (non-hydrogen) atoms.